The molecule has 1 aliphatic carbocycles. The van der Waals surface area contributed by atoms with E-state index >= 15 is 0 Å². The summed E-state index contributed by atoms with van der Waals surface area (Å²) in [6.45, 7) is 4.18. The van der Waals surface area contributed by atoms with Crippen molar-refractivity contribution in [1.82, 2.24) is 19.6 Å². The number of rotatable bonds is 5. The van der Waals surface area contributed by atoms with Crippen LogP contribution < -0.4 is 0 Å². The van der Waals surface area contributed by atoms with Gasteiger partial charge >= 0.3 is 5.97 Å². The Bertz CT molecular complexity index is 1060. The fourth-order valence-electron chi connectivity index (χ4n) is 3.58. The number of hydrogen-bond donors (Lipinski definition) is 0. The molecule has 28 heavy (non-hydrogen) atoms. The maximum atomic E-state index is 12.8. The summed E-state index contributed by atoms with van der Waals surface area (Å²) in [7, 11) is 0. The number of esters is 1. The first-order valence-corrected chi connectivity index (χ1v) is 10.2. The SMILES string of the molecule is CCOC(=O)CSc1nc2ncc3c(n2n1)CC(c1ccccc1C)CC3=O. The van der Waals surface area contributed by atoms with Gasteiger partial charge in [0.15, 0.2) is 5.78 Å². The highest BCUT2D eigenvalue weighted by atomic mass is 32.2. The van der Waals surface area contributed by atoms with Gasteiger partial charge in [-0.1, -0.05) is 36.0 Å². The van der Waals surface area contributed by atoms with E-state index in [4.69, 9.17) is 4.74 Å². The molecule has 8 heteroatoms. The number of benzene rings is 1. The molecular weight excluding hydrogens is 376 g/mol. The maximum Gasteiger partial charge on any atom is 0.316 e. The molecular formula is C20H20N4O3S. The van der Waals surface area contributed by atoms with Crippen LogP contribution in [-0.2, 0) is 16.0 Å². The molecule has 0 N–H and O–H groups in total. The van der Waals surface area contributed by atoms with Crippen molar-refractivity contribution in [3.05, 3.63) is 52.8 Å². The van der Waals surface area contributed by atoms with Crippen molar-refractivity contribution in [2.75, 3.05) is 12.4 Å². The fourth-order valence-corrected chi connectivity index (χ4v) is 4.20. The number of fused-ring (bicyclic) bond motifs is 3. The monoisotopic (exact) mass is 396 g/mol. The van der Waals surface area contributed by atoms with Crippen molar-refractivity contribution >= 4 is 29.3 Å². The lowest BCUT2D eigenvalue weighted by Crippen LogP contribution is -2.23. The van der Waals surface area contributed by atoms with Gasteiger partial charge in [0.1, 0.15) is 0 Å². The third-order valence-corrected chi connectivity index (χ3v) is 5.68. The van der Waals surface area contributed by atoms with Crippen LogP contribution in [0.2, 0.25) is 0 Å². The van der Waals surface area contributed by atoms with Crippen molar-refractivity contribution in [1.29, 1.82) is 0 Å². The summed E-state index contributed by atoms with van der Waals surface area (Å²) in [4.78, 5) is 33.0. The molecule has 0 bridgehead atoms. The lowest BCUT2D eigenvalue weighted by molar-refractivity contribution is -0.139. The highest BCUT2D eigenvalue weighted by Crippen LogP contribution is 2.34. The van der Waals surface area contributed by atoms with Crippen LogP contribution in [0.25, 0.3) is 5.78 Å². The average molecular weight is 396 g/mol. The van der Waals surface area contributed by atoms with E-state index in [2.05, 4.69) is 34.1 Å². The molecule has 1 aromatic carbocycles. The van der Waals surface area contributed by atoms with Gasteiger partial charge in [-0.25, -0.2) is 4.98 Å². The zero-order valence-electron chi connectivity index (χ0n) is 15.7. The first kappa shape index (κ1) is 18.6. The van der Waals surface area contributed by atoms with E-state index < -0.39 is 0 Å². The molecule has 3 aromatic rings. The number of ketones is 1. The Balaban J connectivity index is 1.66. The molecule has 2 heterocycles. The molecule has 0 saturated heterocycles. The smallest absolute Gasteiger partial charge is 0.316 e. The Morgan fingerprint density at radius 2 is 2.14 bits per heavy atom. The van der Waals surface area contributed by atoms with Crippen LogP contribution in [0.1, 0.15) is 46.4 Å². The van der Waals surface area contributed by atoms with Gasteiger partial charge in [-0.3, -0.25) is 9.59 Å². The number of Topliss-reactive ketones (excluding diaryl/α,β-unsaturated/α-hetero) is 1. The molecule has 0 saturated carbocycles. The molecule has 0 spiro atoms. The van der Waals surface area contributed by atoms with E-state index in [1.165, 1.54) is 22.9 Å². The van der Waals surface area contributed by atoms with Crippen molar-refractivity contribution in [3.8, 4) is 0 Å². The van der Waals surface area contributed by atoms with Crippen LogP contribution >= 0.6 is 11.8 Å². The van der Waals surface area contributed by atoms with Gasteiger partial charge in [-0.2, -0.15) is 9.50 Å². The molecule has 0 aliphatic heterocycles. The number of aromatic nitrogens is 4. The quantitative estimate of drug-likeness (QED) is 0.484. The molecule has 0 amide bonds. The minimum atomic E-state index is -0.309. The number of hydrogen-bond acceptors (Lipinski definition) is 7. The van der Waals surface area contributed by atoms with Crippen LogP contribution in [0.5, 0.6) is 0 Å². The summed E-state index contributed by atoms with van der Waals surface area (Å²) in [6, 6.07) is 8.16. The topological polar surface area (TPSA) is 86.4 Å². The number of ether oxygens (including phenoxy) is 1. The largest absolute Gasteiger partial charge is 0.465 e. The zero-order chi connectivity index (χ0) is 19.7. The molecule has 7 nitrogen and oxygen atoms in total. The summed E-state index contributed by atoms with van der Waals surface area (Å²) >= 11 is 1.20. The van der Waals surface area contributed by atoms with Gasteiger partial charge in [0.2, 0.25) is 5.16 Å². The lowest BCUT2D eigenvalue weighted by Gasteiger charge is -2.25. The zero-order valence-corrected chi connectivity index (χ0v) is 16.5. The lowest BCUT2D eigenvalue weighted by atomic mass is 9.80. The predicted molar refractivity (Wildman–Crippen MR) is 105 cm³/mol. The molecule has 2 aromatic heterocycles. The van der Waals surface area contributed by atoms with E-state index in [1.807, 2.05) is 12.1 Å². The first-order chi connectivity index (χ1) is 13.6. The minimum absolute atomic E-state index is 0.0696. The van der Waals surface area contributed by atoms with E-state index in [9.17, 15) is 9.59 Å². The fraction of sp³-hybridized carbons (Fsp3) is 0.350. The highest BCUT2D eigenvalue weighted by Gasteiger charge is 2.30. The Morgan fingerprint density at radius 3 is 2.93 bits per heavy atom. The Kier molecular flexibility index (Phi) is 5.13. The van der Waals surface area contributed by atoms with Crippen molar-refractivity contribution < 1.29 is 14.3 Å². The summed E-state index contributed by atoms with van der Waals surface area (Å²) in [5, 5.41) is 4.93. The van der Waals surface area contributed by atoms with Crippen LogP contribution in [0.15, 0.2) is 35.6 Å². The van der Waals surface area contributed by atoms with Gasteiger partial charge in [-0.15, -0.1) is 5.10 Å². The Hall–Kier alpha value is -2.74. The summed E-state index contributed by atoms with van der Waals surface area (Å²) < 4.78 is 6.58. The number of aryl methyl sites for hydroxylation is 1. The van der Waals surface area contributed by atoms with Gasteiger partial charge < -0.3 is 4.74 Å². The second kappa shape index (κ2) is 7.71. The van der Waals surface area contributed by atoms with Gasteiger partial charge in [0.05, 0.1) is 23.6 Å². The van der Waals surface area contributed by atoms with Crippen LogP contribution in [0.3, 0.4) is 0 Å². The average Bonchev–Trinajstić information content (AvgIpc) is 3.10. The van der Waals surface area contributed by atoms with Gasteiger partial charge in [0.25, 0.3) is 5.78 Å². The van der Waals surface area contributed by atoms with E-state index in [-0.39, 0.29) is 23.4 Å². The van der Waals surface area contributed by atoms with Crippen LogP contribution in [0, 0.1) is 6.92 Å². The van der Waals surface area contributed by atoms with E-state index in [1.54, 1.807) is 17.6 Å². The molecule has 144 valence electrons. The molecule has 0 fully saturated rings. The van der Waals surface area contributed by atoms with E-state index in [0.29, 0.717) is 35.9 Å². The number of thioether (sulfide) groups is 1. The highest BCUT2D eigenvalue weighted by molar-refractivity contribution is 7.99. The van der Waals surface area contributed by atoms with Crippen LogP contribution in [0.4, 0.5) is 0 Å². The number of carbonyl (C=O) groups excluding carboxylic acids is 2. The molecule has 4 rings (SSSR count). The summed E-state index contributed by atoms with van der Waals surface area (Å²) in [6.07, 6.45) is 2.75. The Morgan fingerprint density at radius 1 is 1.32 bits per heavy atom. The van der Waals surface area contributed by atoms with Gasteiger partial charge in [0, 0.05) is 12.6 Å². The predicted octanol–water partition coefficient (Wildman–Crippen LogP) is 3.00. The van der Waals surface area contributed by atoms with Crippen molar-refractivity contribution in [2.24, 2.45) is 0 Å². The molecule has 0 radical (unpaired) electrons. The van der Waals surface area contributed by atoms with Crippen molar-refractivity contribution in [3.63, 3.8) is 0 Å². The molecule has 1 atom stereocenters. The second-order valence-corrected chi connectivity index (χ2v) is 7.65. The molecule has 1 aliphatic rings. The summed E-state index contributed by atoms with van der Waals surface area (Å²) in [5.41, 5.74) is 3.79. The number of nitrogens with zero attached hydrogens (tertiary/aromatic N) is 4. The second-order valence-electron chi connectivity index (χ2n) is 6.70. The van der Waals surface area contributed by atoms with Gasteiger partial charge in [-0.05, 0) is 37.3 Å². The first-order valence-electron chi connectivity index (χ1n) is 9.18. The third kappa shape index (κ3) is 3.52. The number of carbonyl (C=O) groups is 2. The summed E-state index contributed by atoms with van der Waals surface area (Å²) in [5.74, 6) is 0.434. The van der Waals surface area contributed by atoms with E-state index in [0.717, 1.165) is 5.69 Å². The van der Waals surface area contributed by atoms with Crippen LogP contribution in [-0.4, -0.2) is 43.7 Å². The minimum Gasteiger partial charge on any atom is -0.465 e. The standard InChI is InChI=1S/C20H20N4O3S/c1-3-27-18(26)11-28-20-22-19-21-10-15-16(24(19)23-20)8-13(9-17(15)25)14-7-5-4-6-12(14)2/h4-7,10,13H,3,8-9,11H2,1-2H3. The Labute approximate surface area is 166 Å². The maximum absolute atomic E-state index is 12.8. The molecule has 1 unspecified atom stereocenters. The normalized spacial score (nSPS) is 16.2. The van der Waals surface area contributed by atoms with Crippen molar-refractivity contribution in [2.45, 2.75) is 37.8 Å². The third-order valence-electron chi connectivity index (χ3n) is 4.87.